The summed E-state index contributed by atoms with van der Waals surface area (Å²) in [5.41, 5.74) is 20.1. The van der Waals surface area contributed by atoms with Gasteiger partial charge < -0.3 is 10.6 Å². The number of para-hydroxylation sites is 2. The summed E-state index contributed by atoms with van der Waals surface area (Å²) in [6.45, 7) is 0. The van der Waals surface area contributed by atoms with Crippen molar-refractivity contribution in [1.82, 2.24) is 0 Å². The molecule has 0 aliphatic carbocycles. The van der Waals surface area contributed by atoms with Crippen LogP contribution < -0.4 is 10.6 Å². The highest BCUT2D eigenvalue weighted by Crippen LogP contribution is 2.49. The van der Waals surface area contributed by atoms with Crippen molar-refractivity contribution in [3.8, 4) is 44.5 Å². The van der Waals surface area contributed by atoms with Crippen LogP contribution >= 0.6 is 0 Å². The third-order valence-corrected chi connectivity index (χ3v) is 11.6. The lowest BCUT2D eigenvalue weighted by atomic mass is 9.83. The number of benzene rings is 10. The molecule has 1 aliphatic rings. The average Bonchev–Trinajstić information content (AvgIpc) is 3.25. The van der Waals surface area contributed by atoms with Gasteiger partial charge in [-0.2, -0.15) is 0 Å². The van der Waals surface area contributed by atoms with E-state index in [9.17, 15) is 0 Å². The Morgan fingerprint density at radius 1 is 0.345 bits per heavy atom. The monoisotopic (exact) mass is 700 g/mol. The van der Waals surface area contributed by atoms with Crippen molar-refractivity contribution in [2.24, 2.45) is 5.73 Å². The fraction of sp³-hybridized carbons (Fsp3) is 0.0189. The van der Waals surface area contributed by atoms with Crippen LogP contribution in [0.5, 0.6) is 0 Å². The Hall–Kier alpha value is -7.00. The minimum atomic E-state index is -0.312. The van der Waals surface area contributed by atoms with E-state index in [1.54, 1.807) is 0 Å². The zero-order valence-electron chi connectivity index (χ0n) is 30.2. The molecular weight excluding hydrogens is 665 g/mol. The van der Waals surface area contributed by atoms with Crippen molar-refractivity contribution in [1.29, 1.82) is 0 Å². The molecule has 0 spiro atoms. The van der Waals surface area contributed by atoms with Gasteiger partial charge in [-0.1, -0.05) is 158 Å². The van der Waals surface area contributed by atoms with E-state index in [2.05, 4.69) is 199 Å². The Bertz CT molecular complexity index is 3120. The van der Waals surface area contributed by atoms with Gasteiger partial charge >= 0.3 is 0 Å². The van der Waals surface area contributed by atoms with Crippen LogP contribution in [0.3, 0.4) is 0 Å². The second kappa shape index (κ2) is 12.6. The molecule has 1 unspecified atom stereocenters. The summed E-state index contributed by atoms with van der Waals surface area (Å²) in [6, 6.07) is 73.0. The van der Waals surface area contributed by atoms with Gasteiger partial charge in [-0.25, -0.2) is 0 Å². The molecule has 1 atom stereocenters. The molecular formula is C53H36N2. The van der Waals surface area contributed by atoms with Gasteiger partial charge in [-0.3, -0.25) is 0 Å². The second-order valence-corrected chi connectivity index (χ2v) is 14.6. The molecule has 55 heavy (non-hydrogen) atoms. The number of fused-ring (bicyclic) bond motifs is 7. The molecule has 2 heteroatoms. The molecule has 0 saturated carbocycles. The minimum absolute atomic E-state index is 0.312. The molecule has 1 heterocycles. The van der Waals surface area contributed by atoms with Gasteiger partial charge in [0.2, 0.25) is 0 Å². The van der Waals surface area contributed by atoms with Crippen LogP contribution in [0.4, 0.5) is 11.4 Å². The van der Waals surface area contributed by atoms with E-state index >= 15 is 0 Å². The molecule has 0 amide bonds. The summed E-state index contributed by atoms with van der Waals surface area (Å²) in [5, 5.41) is 9.94. The van der Waals surface area contributed by atoms with Crippen LogP contribution in [0.15, 0.2) is 200 Å². The summed E-state index contributed by atoms with van der Waals surface area (Å²) >= 11 is 0. The molecule has 0 fully saturated rings. The van der Waals surface area contributed by atoms with Crippen molar-refractivity contribution < 1.29 is 0 Å². The van der Waals surface area contributed by atoms with E-state index in [4.69, 9.17) is 5.73 Å². The first-order valence-corrected chi connectivity index (χ1v) is 19.0. The Balaban J connectivity index is 1.16. The van der Waals surface area contributed by atoms with Crippen LogP contribution in [-0.4, -0.2) is 0 Å². The molecule has 0 saturated heterocycles. The largest absolute Gasteiger partial charge is 0.321 e. The fourth-order valence-corrected chi connectivity index (χ4v) is 8.99. The number of nitrogens with zero attached hydrogens (tertiary/aromatic N) is 1. The van der Waals surface area contributed by atoms with E-state index in [-0.39, 0.29) is 6.17 Å². The highest BCUT2D eigenvalue weighted by molar-refractivity contribution is 6.22. The topological polar surface area (TPSA) is 29.3 Å². The second-order valence-electron chi connectivity index (χ2n) is 14.6. The Labute approximate surface area is 320 Å². The van der Waals surface area contributed by atoms with Crippen molar-refractivity contribution >= 4 is 54.5 Å². The van der Waals surface area contributed by atoms with Gasteiger partial charge in [-0.15, -0.1) is 0 Å². The van der Waals surface area contributed by atoms with Crippen molar-refractivity contribution in [3.05, 3.63) is 206 Å². The standard InChI is InChI=1S/C53H36N2/c54-53-47-29-27-38(32-48(47)43-18-10-11-21-50(43)55(53)42-16-2-1-3-17-42)39-26-28-46-49(33-39)52(41-25-23-35-13-5-7-15-37(35)31-41)45-20-9-8-19-44(45)51(46)40-24-22-34-12-4-6-14-36(34)30-40/h1-33,53H,54H2. The SMILES string of the molecule is NC1c2ccc(-c3ccc4c(-c5ccc6ccccc6c5)c5ccccc5c(-c5ccc6ccccc6c5)c4c3)cc2-c2ccccc2N1c1ccccc1. The summed E-state index contributed by atoms with van der Waals surface area (Å²) in [4.78, 5) is 2.25. The smallest absolute Gasteiger partial charge is 0.109 e. The van der Waals surface area contributed by atoms with Crippen LogP contribution in [-0.2, 0) is 0 Å². The van der Waals surface area contributed by atoms with Gasteiger partial charge in [0, 0.05) is 11.3 Å². The highest BCUT2D eigenvalue weighted by atomic mass is 15.2. The maximum absolute atomic E-state index is 7.11. The lowest BCUT2D eigenvalue weighted by molar-refractivity contribution is 0.729. The molecule has 258 valence electrons. The minimum Gasteiger partial charge on any atom is -0.321 e. The average molecular weight is 701 g/mol. The third kappa shape index (κ3) is 5.07. The molecule has 1 aliphatic heterocycles. The number of hydrogen-bond acceptors (Lipinski definition) is 2. The van der Waals surface area contributed by atoms with Gasteiger partial charge in [-0.05, 0) is 130 Å². The van der Waals surface area contributed by atoms with E-state index in [0.717, 1.165) is 16.9 Å². The lowest BCUT2D eigenvalue weighted by Gasteiger charge is -2.38. The van der Waals surface area contributed by atoms with E-state index in [0.29, 0.717) is 0 Å². The molecule has 11 rings (SSSR count). The van der Waals surface area contributed by atoms with Crippen LogP contribution in [0.25, 0.3) is 87.6 Å². The molecule has 0 radical (unpaired) electrons. The van der Waals surface area contributed by atoms with E-state index in [1.165, 1.54) is 87.6 Å². The zero-order chi connectivity index (χ0) is 36.5. The molecule has 0 bridgehead atoms. The molecule has 10 aromatic carbocycles. The van der Waals surface area contributed by atoms with Crippen molar-refractivity contribution in [2.75, 3.05) is 4.90 Å². The first kappa shape index (κ1) is 31.5. The van der Waals surface area contributed by atoms with Crippen LogP contribution in [0.1, 0.15) is 11.7 Å². The predicted octanol–water partition coefficient (Wildman–Crippen LogP) is 14.1. The van der Waals surface area contributed by atoms with Gasteiger partial charge in [0.05, 0.1) is 5.69 Å². The van der Waals surface area contributed by atoms with E-state index in [1.807, 2.05) is 6.07 Å². The first-order valence-electron chi connectivity index (χ1n) is 19.0. The Kier molecular flexibility index (Phi) is 7.20. The fourth-order valence-electron chi connectivity index (χ4n) is 8.99. The summed E-state index contributed by atoms with van der Waals surface area (Å²) in [7, 11) is 0. The number of anilines is 2. The zero-order valence-corrected chi connectivity index (χ0v) is 30.2. The quantitative estimate of drug-likeness (QED) is 0.185. The third-order valence-electron chi connectivity index (χ3n) is 11.6. The molecule has 2 nitrogen and oxygen atoms in total. The number of nitrogens with two attached hydrogens (primary N) is 1. The van der Waals surface area contributed by atoms with Crippen LogP contribution in [0.2, 0.25) is 0 Å². The van der Waals surface area contributed by atoms with Gasteiger partial charge in [0.25, 0.3) is 0 Å². The summed E-state index contributed by atoms with van der Waals surface area (Å²) in [5.74, 6) is 0. The Morgan fingerprint density at radius 2 is 0.855 bits per heavy atom. The molecule has 2 N–H and O–H groups in total. The Morgan fingerprint density at radius 3 is 1.55 bits per heavy atom. The van der Waals surface area contributed by atoms with Gasteiger partial charge in [0.15, 0.2) is 0 Å². The maximum Gasteiger partial charge on any atom is 0.109 e. The summed E-state index contributed by atoms with van der Waals surface area (Å²) < 4.78 is 0. The van der Waals surface area contributed by atoms with Crippen molar-refractivity contribution in [3.63, 3.8) is 0 Å². The predicted molar refractivity (Wildman–Crippen MR) is 234 cm³/mol. The molecule has 0 aromatic heterocycles. The highest BCUT2D eigenvalue weighted by Gasteiger charge is 2.30. The van der Waals surface area contributed by atoms with Crippen molar-refractivity contribution in [2.45, 2.75) is 6.17 Å². The number of rotatable bonds is 4. The molecule has 10 aromatic rings. The van der Waals surface area contributed by atoms with E-state index < -0.39 is 0 Å². The normalized spacial score (nSPS) is 13.7. The van der Waals surface area contributed by atoms with Gasteiger partial charge in [0.1, 0.15) is 6.17 Å². The van der Waals surface area contributed by atoms with Crippen LogP contribution in [0, 0.1) is 0 Å². The maximum atomic E-state index is 7.11. The number of hydrogen-bond donors (Lipinski definition) is 1. The first-order chi connectivity index (χ1) is 27.2. The lowest BCUT2D eigenvalue weighted by Crippen LogP contribution is -2.33. The summed E-state index contributed by atoms with van der Waals surface area (Å²) in [6.07, 6.45) is -0.312.